The van der Waals surface area contributed by atoms with E-state index in [0.717, 1.165) is 13.8 Å². The van der Waals surface area contributed by atoms with E-state index < -0.39 is 78.2 Å². The summed E-state index contributed by atoms with van der Waals surface area (Å²) in [4.78, 5) is 72.6. The van der Waals surface area contributed by atoms with E-state index in [0.29, 0.717) is 5.56 Å². The fourth-order valence-electron chi connectivity index (χ4n) is 5.55. The average molecular weight is 745 g/mol. The smallest absolute Gasteiger partial charge is 0.348 e. The van der Waals surface area contributed by atoms with Crippen LogP contribution in [0, 0.1) is 0 Å². The molecule has 0 aliphatic carbocycles. The van der Waals surface area contributed by atoms with Crippen LogP contribution in [-0.2, 0) is 38.0 Å². The second kappa shape index (κ2) is 16.5. The largest absolute Gasteiger partial charge is 0.465 e. The molecule has 0 bridgehead atoms. The van der Waals surface area contributed by atoms with E-state index in [1.807, 2.05) is 0 Å². The number of alkyl halides is 2. The third kappa shape index (κ3) is 8.44. The van der Waals surface area contributed by atoms with Crippen LogP contribution < -0.4 is 0 Å². The Morgan fingerprint density at radius 3 is 1.54 bits per heavy atom. The number of esters is 6. The molecule has 14 heteroatoms. The van der Waals surface area contributed by atoms with Crippen LogP contribution in [0.25, 0.3) is 0 Å². The number of rotatable bonds is 9. The number of carbonyl (C=O) groups is 6. The normalized spacial score (nSPS) is 24.2. The molecule has 0 spiro atoms. The first-order valence-electron chi connectivity index (χ1n) is 16.5. The third-order valence-electron chi connectivity index (χ3n) is 8.52. The first kappa shape index (κ1) is 38.8. The standard InChI is InChI=1S/2C20H17FO6/c1-20(21)16(27-17(22)12-8-4-3-5-9-12)15(26-19(20)24)13-10-6-7-11-14(13)18(23)25-2;1-20(21)16(27-18(23)14-10-6-3-7-11-14)15(26-19(20)24)12-25-17(22)13-8-4-2-5-9-13/h3-11,15-16H,1-2H3;2-11,15-16H,12H2,1H3/t15-,16+,20-;15-,16+,20+/m00/s1. The van der Waals surface area contributed by atoms with Gasteiger partial charge >= 0.3 is 35.8 Å². The minimum Gasteiger partial charge on any atom is -0.465 e. The van der Waals surface area contributed by atoms with Gasteiger partial charge in [0, 0.05) is 5.56 Å². The molecule has 0 saturated carbocycles. The van der Waals surface area contributed by atoms with Gasteiger partial charge in [-0.1, -0.05) is 72.8 Å². The lowest BCUT2D eigenvalue weighted by Crippen LogP contribution is -2.44. The molecule has 0 amide bonds. The Kier molecular flexibility index (Phi) is 11.8. The number of halogens is 2. The van der Waals surface area contributed by atoms with Gasteiger partial charge in [-0.05, 0) is 56.3 Å². The summed E-state index contributed by atoms with van der Waals surface area (Å²) in [5, 5.41) is 0. The molecule has 2 aliphatic heterocycles. The van der Waals surface area contributed by atoms with Crippen LogP contribution in [0.1, 0.15) is 66.9 Å². The van der Waals surface area contributed by atoms with E-state index in [4.69, 9.17) is 28.4 Å². The number of cyclic esters (lactones) is 2. The Morgan fingerprint density at radius 1 is 0.593 bits per heavy atom. The summed E-state index contributed by atoms with van der Waals surface area (Å²) in [6, 6.07) is 30.3. The molecule has 4 aromatic rings. The summed E-state index contributed by atoms with van der Waals surface area (Å²) >= 11 is 0. The summed E-state index contributed by atoms with van der Waals surface area (Å²) in [6.07, 6.45) is -5.63. The highest BCUT2D eigenvalue weighted by Crippen LogP contribution is 2.42. The fourth-order valence-corrected chi connectivity index (χ4v) is 5.55. The lowest BCUT2D eigenvalue weighted by molar-refractivity contribution is -0.150. The Hall–Kier alpha value is -6.44. The molecule has 12 nitrogen and oxygen atoms in total. The van der Waals surface area contributed by atoms with Gasteiger partial charge in [-0.2, -0.15) is 0 Å². The predicted molar refractivity (Wildman–Crippen MR) is 184 cm³/mol. The number of ether oxygens (including phenoxy) is 6. The first-order valence-corrected chi connectivity index (χ1v) is 16.5. The lowest BCUT2D eigenvalue weighted by atomic mass is 9.92. The van der Waals surface area contributed by atoms with Crippen LogP contribution in [0.15, 0.2) is 115 Å². The lowest BCUT2D eigenvalue weighted by Gasteiger charge is -2.24. The maximum atomic E-state index is 15.0. The highest BCUT2D eigenvalue weighted by molar-refractivity contribution is 5.94. The topological polar surface area (TPSA) is 158 Å². The molecule has 2 saturated heterocycles. The zero-order chi connectivity index (χ0) is 39.0. The summed E-state index contributed by atoms with van der Waals surface area (Å²) in [5.41, 5.74) is -4.13. The monoisotopic (exact) mass is 744 g/mol. The van der Waals surface area contributed by atoms with Crippen molar-refractivity contribution < 1.29 is 66.0 Å². The van der Waals surface area contributed by atoms with E-state index in [-0.39, 0.29) is 22.3 Å². The van der Waals surface area contributed by atoms with Gasteiger partial charge < -0.3 is 28.4 Å². The molecule has 2 aliphatic rings. The van der Waals surface area contributed by atoms with Crippen molar-refractivity contribution in [1.82, 2.24) is 0 Å². The van der Waals surface area contributed by atoms with Gasteiger partial charge in [0.25, 0.3) is 0 Å². The SMILES string of the molecule is COC(=O)c1ccccc1[C@@H]1OC(=O)[C@@](C)(F)[C@@H]1OC(=O)c1ccccc1.C[C@]1(F)C(=O)O[C@@H](COC(=O)c2ccccc2)[C@H]1OC(=O)c1ccccc1. The van der Waals surface area contributed by atoms with Gasteiger partial charge in [-0.3, -0.25) is 0 Å². The quantitative estimate of drug-likeness (QED) is 0.151. The molecule has 6 atom stereocenters. The molecule has 280 valence electrons. The molecular formula is C40H34F2O12. The van der Waals surface area contributed by atoms with Crippen molar-refractivity contribution in [3.05, 3.63) is 143 Å². The number of hydrogen-bond donors (Lipinski definition) is 0. The molecule has 0 unspecified atom stereocenters. The second-order valence-corrected chi connectivity index (χ2v) is 12.3. The van der Waals surface area contributed by atoms with Gasteiger partial charge in [-0.15, -0.1) is 0 Å². The maximum absolute atomic E-state index is 15.0. The molecule has 2 fully saturated rings. The van der Waals surface area contributed by atoms with E-state index in [1.54, 1.807) is 78.9 Å². The third-order valence-corrected chi connectivity index (χ3v) is 8.52. The van der Waals surface area contributed by atoms with Crippen LogP contribution in [0.5, 0.6) is 0 Å². The molecule has 4 aromatic carbocycles. The van der Waals surface area contributed by atoms with E-state index in [1.165, 1.54) is 43.5 Å². The van der Waals surface area contributed by atoms with Gasteiger partial charge in [-0.25, -0.2) is 37.5 Å². The zero-order valence-corrected chi connectivity index (χ0v) is 29.1. The van der Waals surface area contributed by atoms with Crippen LogP contribution in [0.3, 0.4) is 0 Å². The first-order chi connectivity index (χ1) is 25.7. The predicted octanol–water partition coefficient (Wildman–Crippen LogP) is 5.75. The number of benzene rings is 4. The molecule has 0 radical (unpaired) electrons. The van der Waals surface area contributed by atoms with E-state index in [2.05, 4.69) is 0 Å². The van der Waals surface area contributed by atoms with Crippen LogP contribution in [-0.4, -0.2) is 79.2 Å². The van der Waals surface area contributed by atoms with Crippen LogP contribution >= 0.6 is 0 Å². The van der Waals surface area contributed by atoms with Crippen molar-refractivity contribution in [3.63, 3.8) is 0 Å². The van der Waals surface area contributed by atoms with Crippen molar-refractivity contribution in [2.45, 2.75) is 49.6 Å². The van der Waals surface area contributed by atoms with E-state index >= 15 is 4.39 Å². The molecular weight excluding hydrogens is 710 g/mol. The van der Waals surface area contributed by atoms with Crippen molar-refractivity contribution in [1.29, 1.82) is 0 Å². The van der Waals surface area contributed by atoms with Gasteiger partial charge in [0.15, 0.2) is 24.4 Å². The van der Waals surface area contributed by atoms with Crippen molar-refractivity contribution >= 4 is 35.8 Å². The Morgan fingerprint density at radius 2 is 1.02 bits per heavy atom. The van der Waals surface area contributed by atoms with Crippen molar-refractivity contribution in [2.75, 3.05) is 13.7 Å². The molecule has 6 rings (SSSR count). The highest BCUT2D eigenvalue weighted by Gasteiger charge is 2.60. The summed E-state index contributed by atoms with van der Waals surface area (Å²) in [6.45, 7) is 1.52. The summed E-state index contributed by atoms with van der Waals surface area (Å²) < 4.78 is 60.2. The molecule has 2 heterocycles. The summed E-state index contributed by atoms with van der Waals surface area (Å²) in [5.74, 6) is -5.29. The fraction of sp³-hybridized carbons (Fsp3) is 0.250. The molecule has 0 aromatic heterocycles. The van der Waals surface area contributed by atoms with Gasteiger partial charge in [0.05, 0.1) is 29.4 Å². The Labute approximate surface area is 307 Å². The second-order valence-electron chi connectivity index (χ2n) is 12.3. The van der Waals surface area contributed by atoms with Crippen LogP contribution in [0.4, 0.5) is 8.78 Å². The maximum Gasteiger partial charge on any atom is 0.348 e. The number of hydrogen-bond acceptors (Lipinski definition) is 12. The van der Waals surface area contributed by atoms with Crippen molar-refractivity contribution in [2.24, 2.45) is 0 Å². The zero-order valence-electron chi connectivity index (χ0n) is 29.1. The van der Waals surface area contributed by atoms with Crippen LogP contribution in [0.2, 0.25) is 0 Å². The highest BCUT2D eigenvalue weighted by atomic mass is 19.1. The number of methoxy groups -OCH3 is 1. The Bertz CT molecular complexity index is 2000. The summed E-state index contributed by atoms with van der Waals surface area (Å²) in [7, 11) is 1.20. The van der Waals surface area contributed by atoms with Gasteiger partial charge in [0.1, 0.15) is 6.61 Å². The minimum absolute atomic E-state index is 0.0938. The average Bonchev–Trinajstić information content (AvgIpc) is 3.55. The Balaban J connectivity index is 0.000000208. The van der Waals surface area contributed by atoms with E-state index in [9.17, 15) is 33.2 Å². The van der Waals surface area contributed by atoms with Gasteiger partial charge in [0.2, 0.25) is 11.3 Å². The molecule has 54 heavy (non-hydrogen) atoms. The number of carbonyl (C=O) groups excluding carboxylic acids is 6. The van der Waals surface area contributed by atoms with Crippen molar-refractivity contribution in [3.8, 4) is 0 Å². The molecule has 0 N–H and O–H groups in total. The minimum atomic E-state index is -2.57.